The molecule has 0 aromatic heterocycles. The molecule has 2 nitrogen and oxygen atoms in total. The number of hydrogen-bond acceptors (Lipinski definition) is 2. The fraction of sp³-hybridized carbons (Fsp3) is 0.250. The van der Waals surface area contributed by atoms with Crippen molar-refractivity contribution in [1.82, 2.24) is 4.90 Å². The predicted molar refractivity (Wildman–Crippen MR) is 117 cm³/mol. The molecule has 4 rings (SSSR count). The standard InChI is InChI=1S/C18H20N2.3C2H4/c1-19-10-11-20-17-9-5-3-7-15(17)12-14-6-2-4-8-16(14)18(20)13-19;3*1-2/h2-9,18H,10-13H2,1H3;3*1-2H2. The van der Waals surface area contributed by atoms with E-state index in [9.17, 15) is 0 Å². The van der Waals surface area contributed by atoms with E-state index in [1.165, 1.54) is 22.4 Å². The van der Waals surface area contributed by atoms with Gasteiger partial charge in [0.05, 0.1) is 6.04 Å². The van der Waals surface area contributed by atoms with E-state index in [0.717, 1.165) is 26.1 Å². The second-order valence-electron chi connectivity index (χ2n) is 5.98. The maximum absolute atomic E-state index is 3.00. The molecule has 2 heteroatoms. The van der Waals surface area contributed by atoms with Crippen molar-refractivity contribution in [2.24, 2.45) is 0 Å². The quantitative estimate of drug-likeness (QED) is 0.581. The van der Waals surface area contributed by atoms with Crippen LogP contribution in [0.5, 0.6) is 0 Å². The van der Waals surface area contributed by atoms with Gasteiger partial charge in [0, 0.05) is 25.3 Å². The lowest BCUT2D eigenvalue weighted by Crippen LogP contribution is -2.46. The van der Waals surface area contributed by atoms with Gasteiger partial charge in [0.25, 0.3) is 0 Å². The van der Waals surface area contributed by atoms with Crippen molar-refractivity contribution >= 4 is 5.69 Å². The van der Waals surface area contributed by atoms with Crippen LogP contribution in [0.2, 0.25) is 0 Å². The third-order valence-electron chi connectivity index (χ3n) is 4.68. The Balaban J connectivity index is 0.000000515. The summed E-state index contributed by atoms with van der Waals surface area (Å²) in [6, 6.07) is 18.4. The average Bonchev–Trinajstić information content (AvgIpc) is 2.87. The molecule has 0 amide bonds. The van der Waals surface area contributed by atoms with Gasteiger partial charge in [-0.25, -0.2) is 0 Å². The smallest absolute Gasteiger partial charge is 0.0672 e. The van der Waals surface area contributed by atoms with E-state index in [4.69, 9.17) is 0 Å². The van der Waals surface area contributed by atoms with Gasteiger partial charge in [-0.1, -0.05) is 42.5 Å². The Bertz CT molecular complexity index is 675. The number of likely N-dealkylation sites (N-methyl/N-ethyl adjacent to an activating group) is 1. The number of piperazine rings is 1. The molecule has 1 fully saturated rings. The lowest BCUT2D eigenvalue weighted by atomic mass is 9.96. The Morgan fingerprint density at radius 3 is 2.04 bits per heavy atom. The van der Waals surface area contributed by atoms with Crippen LogP contribution in [0.25, 0.3) is 0 Å². The van der Waals surface area contributed by atoms with Gasteiger partial charge in [-0.2, -0.15) is 0 Å². The van der Waals surface area contributed by atoms with Crippen molar-refractivity contribution in [3.63, 3.8) is 0 Å². The van der Waals surface area contributed by atoms with Crippen LogP contribution in [0, 0.1) is 0 Å². The predicted octanol–water partition coefficient (Wildman–Crippen LogP) is 5.49. The van der Waals surface area contributed by atoms with Crippen LogP contribution in [0.1, 0.15) is 22.7 Å². The van der Waals surface area contributed by atoms with Crippen LogP contribution in [0.15, 0.2) is 88.0 Å². The fourth-order valence-electron chi connectivity index (χ4n) is 3.64. The molecule has 2 aliphatic rings. The van der Waals surface area contributed by atoms with Crippen LogP contribution in [0.3, 0.4) is 0 Å². The number of anilines is 1. The largest absolute Gasteiger partial charge is 0.362 e. The molecule has 2 aromatic carbocycles. The Morgan fingerprint density at radius 2 is 1.35 bits per heavy atom. The summed E-state index contributed by atoms with van der Waals surface area (Å²) in [5.41, 5.74) is 5.90. The second kappa shape index (κ2) is 11.1. The van der Waals surface area contributed by atoms with Crippen LogP contribution >= 0.6 is 0 Å². The summed E-state index contributed by atoms with van der Waals surface area (Å²) in [4.78, 5) is 5.06. The lowest BCUT2D eigenvalue weighted by molar-refractivity contribution is 0.269. The molecular formula is C24H32N2. The van der Waals surface area contributed by atoms with E-state index in [-0.39, 0.29) is 0 Å². The summed E-state index contributed by atoms with van der Waals surface area (Å²) in [6.07, 6.45) is 1.06. The molecule has 2 aliphatic heterocycles. The lowest BCUT2D eigenvalue weighted by Gasteiger charge is -2.41. The highest BCUT2D eigenvalue weighted by Gasteiger charge is 2.31. The van der Waals surface area contributed by atoms with Gasteiger partial charge < -0.3 is 9.80 Å². The zero-order chi connectivity index (χ0) is 19.5. The summed E-state index contributed by atoms with van der Waals surface area (Å²) in [5.74, 6) is 0. The Kier molecular flexibility index (Phi) is 9.18. The summed E-state index contributed by atoms with van der Waals surface area (Å²) >= 11 is 0. The average molecular weight is 349 g/mol. The van der Waals surface area contributed by atoms with Crippen molar-refractivity contribution in [1.29, 1.82) is 0 Å². The number of fused-ring (bicyclic) bond motifs is 5. The fourth-order valence-corrected chi connectivity index (χ4v) is 3.64. The normalized spacial score (nSPS) is 17.1. The van der Waals surface area contributed by atoms with Crippen molar-refractivity contribution in [3.05, 3.63) is 105 Å². The highest BCUT2D eigenvalue weighted by molar-refractivity contribution is 5.60. The van der Waals surface area contributed by atoms with Gasteiger partial charge in [-0.05, 0) is 36.2 Å². The van der Waals surface area contributed by atoms with Gasteiger partial charge >= 0.3 is 0 Å². The number of rotatable bonds is 0. The van der Waals surface area contributed by atoms with Gasteiger partial charge in [-0.3, -0.25) is 0 Å². The summed E-state index contributed by atoms with van der Waals surface area (Å²) in [7, 11) is 2.23. The number of hydrogen-bond donors (Lipinski definition) is 0. The minimum Gasteiger partial charge on any atom is -0.362 e. The first kappa shape index (κ1) is 21.5. The maximum atomic E-state index is 3.00. The van der Waals surface area contributed by atoms with Crippen molar-refractivity contribution < 1.29 is 0 Å². The zero-order valence-corrected chi connectivity index (χ0v) is 16.2. The monoisotopic (exact) mass is 348 g/mol. The van der Waals surface area contributed by atoms with Crippen LogP contribution < -0.4 is 4.90 Å². The molecule has 0 aliphatic carbocycles. The summed E-state index contributed by atoms with van der Waals surface area (Å²) in [5, 5.41) is 0. The maximum Gasteiger partial charge on any atom is 0.0672 e. The molecule has 0 N–H and O–H groups in total. The second-order valence-corrected chi connectivity index (χ2v) is 5.98. The van der Waals surface area contributed by atoms with E-state index in [1.54, 1.807) is 0 Å². The molecule has 0 spiro atoms. The minimum absolute atomic E-state index is 0.494. The highest BCUT2D eigenvalue weighted by atomic mass is 15.3. The van der Waals surface area contributed by atoms with Crippen molar-refractivity contribution in [2.75, 3.05) is 31.6 Å². The van der Waals surface area contributed by atoms with Crippen molar-refractivity contribution in [2.45, 2.75) is 12.5 Å². The molecule has 2 aromatic rings. The van der Waals surface area contributed by atoms with Gasteiger partial charge in [0.2, 0.25) is 0 Å². The van der Waals surface area contributed by atoms with E-state index in [1.807, 2.05) is 0 Å². The van der Waals surface area contributed by atoms with E-state index in [2.05, 4.69) is 105 Å². The molecule has 1 saturated heterocycles. The number of nitrogens with zero attached hydrogens (tertiary/aromatic N) is 2. The molecule has 26 heavy (non-hydrogen) atoms. The Morgan fingerprint density at radius 1 is 0.769 bits per heavy atom. The summed E-state index contributed by atoms with van der Waals surface area (Å²) in [6.45, 7) is 21.4. The van der Waals surface area contributed by atoms with E-state index in [0.29, 0.717) is 6.04 Å². The molecule has 1 unspecified atom stereocenters. The van der Waals surface area contributed by atoms with Crippen LogP contribution in [-0.2, 0) is 6.42 Å². The number of para-hydroxylation sites is 1. The van der Waals surface area contributed by atoms with E-state index < -0.39 is 0 Å². The Hall–Kier alpha value is -2.58. The van der Waals surface area contributed by atoms with Gasteiger partial charge in [0.1, 0.15) is 0 Å². The zero-order valence-electron chi connectivity index (χ0n) is 16.2. The highest BCUT2D eigenvalue weighted by Crippen LogP contribution is 2.38. The first-order valence-electron chi connectivity index (χ1n) is 8.94. The first-order valence-corrected chi connectivity index (χ1v) is 8.94. The molecule has 138 valence electrons. The molecule has 0 radical (unpaired) electrons. The first-order chi connectivity index (χ1) is 12.8. The van der Waals surface area contributed by atoms with Crippen molar-refractivity contribution in [3.8, 4) is 0 Å². The van der Waals surface area contributed by atoms with Crippen LogP contribution in [0.4, 0.5) is 5.69 Å². The van der Waals surface area contributed by atoms with Crippen LogP contribution in [-0.4, -0.2) is 31.6 Å². The molecule has 2 heterocycles. The number of benzene rings is 2. The Labute approximate surface area is 159 Å². The summed E-state index contributed by atoms with van der Waals surface area (Å²) < 4.78 is 0. The molecule has 0 bridgehead atoms. The third-order valence-corrected chi connectivity index (χ3v) is 4.68. The molecule has 0 saturated carbocycles. The van der Waals surface area contributed by atoms with E-state index >= 15 is 0 Å². The SMILES string of the molecule is C=C.C=C.C=C.CN1CCN2c3ccccc3Cc3ccccc3C2C1. The molecular weight excluding hydrogens is 316 g/mol. The minimum atomic E-state index is 0.494. The topological polar surface area (TPSA) is 6.48 Å². The molecule has 1 atom stereocenters. The van der Waals surface area contributed by atoms with Gasteiger partial charge in [0.15, 0.2) is 0 Å². The van der Waals surface area contributed by atoms with Gasteiger partial charge in [-0.15, -0.1) is 39.5 Å². The third kappa shape index (κ3) is 4.53.